The molecule has 5 heteroatoms. The van der Waals surface area contributed by atoms with Crippen LogP contribution in [0.3, 0.4) is 0 Å². The fourth-order valence-electron chi connectivity index (χ4n) is 1.19. The van der Waals surface area contributed by atoms with Gasteiger partial charge in [0.25, 0.3) is 0 Å². The second-order valence-corrected chi connectivity index (χ2v) is 4.81. The minimum atomic E-state index is -2.85. The molecule has 0 unspecified atom stereocenters. The normalized spacial score (nSPS) is 21.1. The molecule has 2 heterocycles. The third kappa shape index (κ3) is 1.16. The van der Waals surface area contributed by atoms with Gasteiger partial charge in [-0.2, -0.15) is 0 Å². The Morgan fingerprint density at radius 3 is 3.18 bits per heavy atom. The van der Waals surface area contributed by atoms with E-state index < -0.39 is 9.84 Å². The molecule has 1 aromatic rings. The van der Waals surface area contributed by atoms with Crippen LogP contribution in [-0.4, -0.2) is 23.7 Å². The van der Waals surface area contributed by atoms with Gasteiger partial charge in [0.05, 0.1) is 5.75 Å². The van der Waals surface area contributed by atoms with Crippen LogP contribution in [0, 0.1) is 0 Å². The minimum absolute atomic E-state index is 0.0972. The molecule has 0 spiro atoms. The molecule has 0 fully saturated rings. The summed E-state index contributed by atoms with van der Waals surface area (Å²) in [4.78, 5) is 3.94. The number of sulfone groups is 1. The van der Waals surface area contributed by atoms with Crippen LogP contribution in [0.4, 0.5) is 0 Å². The lowest BCUT2D eigenvalue weighted by molar-refractivity contribution is 0.571. The third-order valence-electron chi connectivity index (χ3n) is 1.79. The van der Waals surface area contributed by atoms with E-state index in [1.54, 1.807) is 6.20 Å². The van der Waals surface area contributed by atoms with Gasteiger partial charge < -0.3 is 4.57 Å². The van der Waals surface area contributed by atoms with Gasteiger partial charge in [0, 0.05) is 18.9 Å². The van der Waals surface area contributed by atoms with Crippen LogP contribution >= 0.6 is 0 Å². The van der Waals surface area contributed by atoms with Gasteiger partial charge >= 0.3 is 0 Å². The Hall–Kier alpha value is -0.840. The molecule has 2 rings (SSSR count). The van der Waals surface area contributed by atoms with Crippen LogP contribution in [0.1, 0.15) is 5.82 Å². The summed E-state index contributed by atoms with van der Waals surface area (Å²) in [5.41, 5.74) is 0. The summed E-state index contributed by atoms with van der Waals surface area (Å²) in [6, 6.07) is 0. The summed E-state index contributed by atoms with van der Waals surface area (Å²) < 4.78 is 24.0. The van der Waals surface area contributed by atoms with Gasteiger partial charge in [0.1, 0.15) is 11.6 Å². The highest BCUT2D eigenvalue weighted by Crippen LogP contribution is 2.11. The van der Waals surface area contributed by atoms with Crippen LogP contribution in [0.5, 0.6) is 0 Å². The molecule has 1 aliphatic heterocycles. The molecule has 0 radical (unpaired) electrons. The Morgan fingerprint density at radius 2 is 2.36 bits per heavy atom. The standard InChI is InChI=1S/C6H8N2O2S/c9-11(10)4-3-8-2-1-7-6(8)5-11/h1-2H,3-5H2. The Balaban J connectivity index is 2.47. The van der Waals surface area contributed by atoms with Crippen molar-refractivity contribution in [3.8, 4) is 0 Å². The quantitative estimate of drug-likeness (QED) is 0.545. The predicted molar refractivity (Wildman–Crippen MR) is 39.7 cm³/mol. The van der Waals surface area contributed by atoms with E-state index >= 15 is 0 Å². The largest absolute Gasteiger partial charge is 0.333 e. The summed E-state index contributed by atoms with van der Waals surface area (Å²) in [6.45, 7) is 0.553. The summed E-state index contributed by atoms with van der Waals surface area (Å²) in [5, 5.41) is 0. The molecule has 0 saturated heterocycles. The SMILES string of the molecule is O=S1(=O)CCn2ccnc2C1. The maximum absolute atomic E-state index is 11.1. The lowest BCUT2D eigenvalue weighted by atomic mass is 10.6. The molecule has 0 amide bonds. The fraction of sp³-hybridized carbons (Fsp3) is 0.500. The van der Waals surface area contributed by atoms with Crippen molar-refractivity contribution in [2.75, 3.05) is 5.75 Å². The number of hydrogen-bond donors (Lipinski definition) is 0. The van der Waals surface area contributed by atoms with Crippen LogP contribution < -0.4 is 0 Å². The zero-order chi connectivity index (χ0) is 7.90. The smallest absolute Gasteiger partial charge is 0.159 e. The van der Waals surface area contributed by atoms with Crippen molar-refractivity contribution in [3.63, 3.8) is 0 Å². The topological polar surface area (TPSA) is 52.0 Å². The van der Waals surface area contributed by atoms with E-state index in [4.69, 9.17) is 0 Å². The molecule has 4 nitrogen and oxygen atoms in total. The summed E-state index contributed by atoms with van der Waals surface area (Å²) in [5.74, 6) is 1.01. The van der Waals surface area contributed by atoms with Crippen molar-refractivity contribution < 1.29 is 8.42 Å². The first-order valence-corrected chi connectivity index (χ1v) is 5.20. The zero-order valence-corrected chi connectivity index (χ0v) is 6.71. The van der Waals surface area contributed by atoms with Crippen molar-refractivity contribution >= 4 is 9.84 Å². The van der Waals surface area contributed by atoms with Gasteiger partial charge in [-0.05, 0) is 0 Å². The molecule has 0 aliphatic carbocycles. The number of imidazole rings is 1. The van der Waals surface area contributed by atoms with Gasteiger partial charge in [-0.1, -0.05) is 0 Å². The Morgan fingerprint density at radius 1 is 1.55 bits per heavy atom. The molecule has 60 valence electrons. The monoisotopic (exact) mass is 172 g/mol. The number of aromatic nitrogens is 2. The van der Waals surface area contributed by atoms with Gasteiger partial charge in [-0.3, -0.25) is 0 Å². The van der Waals surface area contributed by atoms with Crippen LogP contribution in [0.25, 0.3) is 0 Å². The Labute approximate surface area is 64.8 Å². The van der Waals surface area contributed by atoms with E-state index in [-0.39, 0.29) is 11.5 Å². The highest BCUT2D eigenvalue weighted by molar-refractivity contribution is 7.90. The van der Waals surface area contributed by atoms with Crippen molar-refractivity contribution in [1.29, 1.82) is 0 Å². The van der Waals surface area contributed by atoms with E-state index in [1.807, 2.05) is 10.8 Å². The second-order valence-electron chi connectivity index (χ2n) is 2.63. The molecule has 11 heavy (non-hydrogen) atoms. The van der Waals surface area contributed by atoms with Gasteiger partial charge in [-0.15, -0.1) is 0 Å². The number of aryl methyl sites for hydroxylation is 1. The Bertz CT molecular complexity index is 366. The van der Waals surface area contributed by atoms with Gasteiger partial charge in [-0.25, -0.2) is 13.4 Å². The van der Waals surface area contributed by atoms with Crippen molar-refractivity contribution in [1.82, 2.24) is 9.55 Å². The highest BCUT2D eigenvalue weighted by atomic mass is 32.2. The zero-order valence-electron chi connectivity index (χ0n) is 5.90. The maximum Gasteiger partial charge on any atom is 0.159 e. The molecule has 0 bridgehead atoms. The molecule has 1 aliphatic rings. The van der Waals surface area contributed by atoms with E-state index in [0.717, 1.165) is 0 Å². The van der Waals surface area contributed by atoms with E-state index in [2.05, 4.69) is 4.98 Å². The van der Waals surface area contributed by atoms with Gasteiger partial charge in [0.2, 0.25) is 0 Å². The first-order chi connectivity index (χ1) is 5.17. The molecule has 0 saturated carbocycles. The average Bonchev–Trinajstić information content (AvgIpc) is 2.31. The average molecular weight is 172 g/mol. The Kier molecular flexibility index (Phi) is 1.29. The van der Waals surface area contributed by atoms with Crippen LogP contribution in [-0.2, 0) is 22.1 Å². The van der Waals surface area contributed by atoms with Crippen molar-refractivity contribution in [2.24, 2.45) is 0 Å². The number of rotatable bonds is 0. The number of fused-ring (bicyclic) bond motifs is 1. The summed E-state index contributed by atoms with van der Waals surface area (Å²) >= 11 is 0. The minimum Gasteiger partial charge on any atom is -0.333 e. The molecule has 0 N–H and O–H groups in total. The molecule has 0 atom stereocenters. The summed E-state index contributed by atoms with van der Waals surface area (Å²) in [6.07, 6.45) is 3.44. The molecular formula is C6H8N2O2S. The van der Waals surface area contributed by atoms with Crippen LogP contribution in [0.15, 0.2) is 12.4 Å². The second kappa shape index (κ2) is 2.07. The van der Waals surface area contributed by atoms with E-state index in [9.17, 15) is 8.42 Å². The van der Waals surface area contributed by atoms with Crippen LogP contribution in [0.2, 0.25) is 0 Å². The van der Waals surface area contributed by atoms with E-state index in [0.29, 0.717) is 12.4 Å². The third-order valence-corrected chi connectivity index (χ3v) is 3.30. The molecular weight excluding hydrogens is 164 g/mol. The lowest BCUT2D eigenvalue weighted by Gasteiger charge is -2.13. The first kappa shape index (κ1) is 6.84. The lowest BCUT2D eigenvalue weighted by Crippen LogP contribution is -2.23. The maximum atomic E-state index is 11.1. The van der Waals surface area contributed by atoms with Crippen molar-refractivity contribution in [3.05, 3.63) is 18.2 Å². The fourth-order valence-corrected chi connectivity index (χ4v) is 2.44. The number of nitrogens with zero attached hydrogens (tertiary/aromatic N) is 2. The van der Waals surface area contributed by atoms with E-state index in [1.165, 1.54) is 0 Å². The highest BCUT2D eigenvalue weighted by Gasteiger charge is 2.20. The summed E-state index contributed by atoms with van der Waals surface area (Å²) in [7, 11) is -2.85. The first-order valence-electron chi connectivity index (χ1n) is 3.38. The molecule has 1 aromatic heterocycles. The number of hydrogen-bond acceptors (Lipinski definition) is 3. The molecule has 0 aromatic carbocycles. The van der Waals surface area contributed by atoms with Gasteiger partial charge in [0.15, 0.2) is 9.84 Å². The van der Waals surface area contributed by atoms with Crippen molar-refractivity contribution in [2.45, 2.75) is 12.3 Å². The predicted octanol–water partition coefficient (Wildman–Crippen LogP) is -0.188.